The van der Waals surface area contributed by atoms with E-state index in [4.69, 9.17) is 10.8 Å². The number of thioether (sulfide) groups is 1. The average Bonchev–Trinajstić information content (AvgIpc) is 2.93. The van der Waals surface area contributed by atoms with Gasteiger partial charge in [0.25, 0.3) is 5.56 Å². The zero-order chi connectivity index (χ0) is 12.7. The highest BCUT2D eigenvalue weighted by atomic mass is 32.2. The van der Waals surface area contributed by atoms with Gasteiger partial charge < -0.3 is 15.4 Å². The van der Waals surface area contributed by atoms with Crippen molar-refractivity contribution in [1.29, 1.82) is 0 Å². The van der Waals surface area contributed by atoms with Gasteiger partial charge in [-0.1, -0.05) is 0 Å². The molecule has 0 amide bonds. The topological polar surface area (TPSA) is 110 Å². The van der Waals surface area contributed by atoms with Gasteiger partial charge in [0.1, 0.15) is 0 Å². The molecule has 8 heteroatoms. The average molecular weight is 267 g/mol. The van der Waals surface area contributed by atoms with Gasteiger partial charge in [0.2, 0.25) is 5.95 Å². The van der Waals surface area contributed by atoms with Crippen molar-refractivity contribution in [2.24, 2.45) is 0 Å². The van der Waals surface area contributed by atoms with Crippen molar-refractivity contribution >= 4 is 28.9 Å². The summed E-state index contributed by atoms with van der Waals surface area (Å²) >= 11 is 1.72. The molecule has 0 saturated carbocycles. The fourth-order valence-corrected chi connectivity index (χ4v) is 3.47. The molecule has 1 fully saturated rings. The molecule has 0 spiro atoms. The van der Waals surface area contributed by atoms with Gasteiger partial charge >= 0.3 is 0 Å². The molecule has 2 atom stereocenters. The van der Waals surface area contributed by atoms with Crippen LogP contribution in [-0.4, -0.2) is 42.2 Å². The van der Waals surface area contributed by atoms with E-state index in [0.29, 0.717) is 11.2 Å². The third kappa shape index (κ3) is 1.77. The summed E-state index contributed by atoms with van der Waals surface area (Å²) in [6, 6.07) is 0.200. The molecule has 0 aromatic carbocycles. The van der Waals surface area contributed by atoms with E-state index in [9.17, 15) is 4.79 Å². The number of aliphatic hydroxyl groups excluding tert-OH is 1. The highest BCUT2D eigenvalue weighted by molar-refractivity contribution is 8.00. The zero-order valence-corrected chi connectivity index (χ0v) is 10.4. The Balaban J connectivity index is 2.05. The summed E-state index contributed by atoms with van der Waals surface area (Å²) < 4.78 is 1.88. The summed E-state index contributed by atoms with van der Waals surface area (Å²) in [4.78, 5) is 22.3. The predicted octanol–water partition coefficient (Wildman–Crippen LogP) is -0.259. The number of nitrogens with zero attached hydrogens (tertiary/aromatic N) is 3. The predicted molar refractivity (Wildman–Crippen MR) is 69.5 cm³/mol. The van der Waals surface area contributed by atoms with Crippen molar-refractivity contribution in [2.45, 2.75) is 17.7 Å². The fraction of sp³-hybridized carbons (Fsp3) is 0.500. The number of aromatic nitrogens is 4. The van der Waals surface area contributed by atoms with Crippen molar-refractivity contribution in [2.75, 3.05) is 18.1 Å². The lowest BCUT2D eigenvalue weighted by Gasteiger charge is -2.11. The van der Waals surface area contributed by atoms with Gasteiger partial charge in [-0.3, -0.25) is 9.78 Å². The monoisotopic (exact) mass is 267 g/mol. The third-order valence-electron chi connectivity index (χ3n) is 3.11. The van der Waals surface area contributed by atoms with Crippen LogP contribution >= 0.6 is 11.8 Å². The van der Waals surface area contributed by atoms with Crippen LogP contribution in [0, 0.1) is 0 Å². The highest BCUT2D eigenvalue weighted by Crippen LogP contribution is 2.35. The van der Waals surface area contributed by atoms with E-state index in [2.05, 4.69) is 15.0 Å². The zero-order valence-electron chi connectivity index (χ0n) is 9.54. The summed E-state index contributed by atoms with van der Waals surface area (Å²) in [6.45, 7) is 0.171. The molecule has 96 valence electrons. The van der Waals surface area contributed by atoms with Crippen LogP contribution < -0.4 is 11.3 Å². The minimum absolute atomic E-state index is 0.0959. The highest BCUT2D eigenvalue weighted by Gasteiger charge is 2.27. The van der Waals surface area contributed by atoms with Crippen LogP contribution in [0.4, 0.5) is 5.95 Å². The van der Waals surface area contributed by atoms with Crippen LogP contribution in [0.25, 0.3) is 11.2 Å². The van der Waals surface area contributed by atoms with Gasteiger partial charge in [0.15, 0.2) is 11.2 Å². The Bertz CT molecular complexity index is 637. The maximum Gasteiger partial charge on any atom is 0.280 e. The van der Waals surface area contributed by atoms with Crippen LogP contribution in [0.2, 0.25) is 0 Å². The summed E-state index contributed by atoms with van der Waals surface area (Å²) in [5, 5.41) is 9.39. The number of hydrogen-bond donors (Lipinski definition) is 3. The number of imidazole rings is 1. The molecular formula is C10H13N5O2S. The van der Waals surface area contributed by atoms with E-state index in [1.54, 1.807) is 18.1 Å². The van der Waals surface area contributed by atoms with E-state index < -0.39 is 0 Å². The molecule has 0 bridgehead atoms. The number of aromatic amines is 1. The lowest BCUT2D eigenvalue weighted by Crippen LogP contribution is -2.14. The molecule has 3 rings (SSSR count). The lowest BCUT2D eigenvalue weighted by atomic mass is 10.2. The Labute approximate surface area is 106 Å². The molecule has 1 aliphatic rings. The number of nitrogens with one attached hydrogen (secondary N) is 1. The molecule has 4 N–H and O–H groups in total. The van der Waals surface area contributed by atoms with E-state index in [0.717, 1.165) is 12.2 Å². The Kier molecular flexibility index (Phi) is 2.75. The SMILES string of the molecule is Nc1nc2c(ncn2[C@H]2CS[C@@H](CO)C2)c(=O)[nH]1. The number of nitrogen functional groups attached to an aromatic ring is 1. The Morgan fingerprint density at radius 2 is 2.50 bits per heavy atom. The van der Waals surface area contributed by atoms with Gasteiger partial charge in [-0.15, -0.1) is 0 Å². The molecule has 2 aromatic heterocycles. The fourth-order valence-electron chi connectivity index (χ4n) is 2.22. The number of H-pyrrole nitrogens is 1. The molecule has 1 aliphatic heterocycles. The number of fused-ring (bicyclic) bond motifs is 1. The third-order valence-corrected chi connectivity index (χ3v) is 4.50. The van der Waals surface area contributed by atoms with Gasteiger partial charge in [-0.2, -0.15) is 16.7 Å². The van der Waals surface area contributed by atoms with Crippen LogP contribution in [0.3, 0.4) is 0 Å². The minimum Gasteiger partial charge on any atom is -0.395 e. The van der Waals surface area contributed by atoms with E-state index in [-0.39, 0.29) is 29.4 Å². The van der Waals surface area contributed by atoms with E-state index in [1.165, 1.54) is 0 Å². The first-order valence-corrected chi connectivity index (χ1v) is 6.68. The number of anilines is 1. The van der Waals surface area contributed by atoms with Gasteiger partial charge in [-0.25, -0.2) is 4.98 Å². The standard InChI is InChI=1S/C10H13N5O2S/c11-10-13-8-7(9(17)14-10)12-4-15(8)5-1-6(2-16)18-3-5/h4-6,16H,1-3H2,(H3,11,13,14,17)/t5-,6-/m1/s1. The van der Waals surface area contributed by atoms with Gasteiger partial charge in [0.05, 0.1) is 12.9 Å². The van der Waals surface area contributed by atoms with Gasteiger partial charge in [-0.05, 0) is 6.42 Å². The summed E-state index contributed by atoms with van der Waals surface area (Å²) in [7, 11) is 0. The van der Waals surface area contributed by atoms with Crippen molar-refractivity contribution in [3.05, 3.63) is 16.7 Å². The lowest BCUT2D eigenvalue weighted by molar-refractivity contribution is 0.286. The first kappa shape index (κ1) is 11.5. The molecule has 7 nitrogen and oxygen atoms in total. The van der Waals surface area contributed by atoms with Crippen molar-refractivity contribution in [3.63, 3.8) is 0 Å². The quantitative estimate of drug-likeness (QED) is 0.691. The van der Waals surface area contributed by atoms with Crippen LogP contribution in [0.15, 0.2) is 11.1 Å². The van der Waals surface area contributed by atoms with E-state index >= 15 is 0 Å². The van der Waals surface area contributed by atoms with E-state index in [1.807, 2.05) is 4.57 Å². The second kappa shape index (κ2) is 4.29. The second-order valence-electron chi connectivity index (χ2n) is 4.30. The smallest absolute Gasteiger partial charge is 0.280 e. The molecule has 1 saturated heterocycles. The molecule has 3 heterocycles. The largest absolute Gasteiger partial charge is 0.395 e. The Hall–Kier alpha value is -1.54. The Morgan fingerprint density at radius 1 is 1.67 bits per heavy atom. The van der Waals surface area contributed by atoms with Crippen molar-refractivity contribution in [3.8, 4) is 0 Å². The number of aliphatic hydroxyl groups is 1. The maximum absolute atomic E-state index is 11.7. The normalized spacial score (nSPS) is 23.8. The number of hydrogen-bond acceptors (Lipinski definition) is 6. The molecule has 0 radical (unpaired) electrons. The second-order valence-corrected chi connectivity index (χ2v) is 5.64. The van der Waals surface area contributed by atoms with Crippen molar-refractivity contribution < 1.29 is 5.11 Å². The van der Waals surface area contributed by atoms with Crippen LogP contribution in [-0.2, 0) is 0 Å². The molecule has 0 unspecified atom stereocenters. The van der Waals surface area contributed by atoms with Gasteiger partial charge in [0, 0.05) is 17.0 Å². The molecule has 2 aromatic rings. The van der Waals surface area contributed by atoms with Crippen LogP contribution in [0.1, 0.15) is 12.5 Å². The summed E-state index contributed by atoms with van der Waals surface area (Å²) in [6.07, 6.45) is 2.47. The number of nitrogens with two attached hydrogens (primary N) is 1. The maximum atomic E-state index is 11.7. The molecule has 18 heavy (non-hydrogen) atoms. The first-order chi connectivity index (χ1) is 8.69. The first-order valence-electron chi connectivity index (χ1n) is 5.64. The summed E-state index contributed by atoms with van der Waals surface area (Å²) in [5.74, 6) is 0.976. The van der Waals surface area contributed by atoms with Crippen LogP contribution in [0.5, 0.6) is 0 Å². The number of rotatable bonds is 2. The molecule has 0 aliphatic carbocycles. The molecular weight excluding hydrogens is 254 g/mol. The summed E-state index contributed by atoms with van der Waals surface area (Å²) in [5.41, 5.74) is 6.05. The van der Waals surface area contributed by atoms with Crippen molar-refractivity contribution in [1.82, 2.24) is 19.5 Å². The Morgan fingerprint density at radius 3 is 3.22 bits per heavy atom. The minimum atomic E-state index is -0.319.